The molecular weight excluding hydrogens is 393 g/mol. The molecular formula is C20H22ClF3N2S. The van der Waals surface area contributed by atoms with Crippen LogP contribution in [0.3, 0.4) is 0 Å². The first-order valence-corrected chi connectivity index (χ1v) is 10.2. The van der Waals surface area contributed by atoms with Crippen LogP contribution < -0.4 is 5.32 Å². The first-order valence-electron chi connectivity index (χ1n) is 8.96. The minimum Gasteiger partial charge on any atom is -0.314 e. The molecule has 1 N–H and O–H groups in total. The smallest absolute Gasteiger partial charge is 0.314 e. The van der Waals surface area contributed by atoms with Crippen molar-refractivity contribution in [2.75, 3.05) is 26.2 Å². The lowest BCUT2D eigenvalue weighted by molar-refractivity contribution is -0.138. The third kappa shape index (κ3) is 6.14. The van der Waals surface area contributed by atoms with E-state index in [9.17, 15) is 13.2 Å². The van der Waals surface area contributed by atoms with E-state index in [1.165, 1.54) is 0 Å². The van der Waals surface area contributed by atoms with Gasteiger partial charge in [-0.2, -0.15) is 13.2 Å². The number of alkyl halides is 3. The van der Waals surface area contributed by atoms with Gasteiger partial charge >= 0.3 is 6.18 Å². The second kappa shape index (κ2) is 9.32. The summed E-state index contributed by atoms with van der Waals surface area (Å²) in [7, 11) is 0. The van der Waals surface area contributed by atoms with Gasteiger partial charge in [-0.3, -0.25) is 4.90 Å². The zero-order chi connectivity index (χ0) is 19.3. The second-order valence-corrected chi connectivity index (χ2v) is 8.10. The fourth-order valence-corrected chi connectivity index (χ4v) is 4.43. The van der Waals surface area contributed by atoms with Crippen molar-refractivity contribution in [2.45, 2.75) is 34.9 Å². The molecule has 2 nitrogen and oxygen atoms in total. The van der Waals surface area contributed by atoms with Crippen LogP contribution in [-0.4, -0.2) is 37.3 Å². The molecule has 1 saturated heterocycles. The molecule has 0 aliphatic carbocycles. The van der Waals surface area contributed by atoms with Crippen molar-refractivity contribution in [3.05, 3.63) is 59.1 Å². The monoisotopic (exact) mass is 414 g/mol. The summed E-state index contributed by atoms with van der Waals surface area (Å²) in [6.07, 6.45) is -4.85. The summed E-state index contributed by atoms with van der Waals surface area (Å²) in [6, 6.07) is 15.0. The van der Waals surface area contributed by atoms with Crippen LogP contribution in [0, 0.1) is 0 Å². The van der Waals surface area contributed by atoms with E-state index in [2.05, 4.69) is 10.2 Å². The lowest BCUT2D eigenvalue weighted by Crippen LogP contribution is -2.45. The number of hydrogen-bond acceptors (Lipinski definition) is 3. The van der Waals surface area contributed by atoms with Crippen molar-refractivity contribution in [3.63, 3.8) is 0 Å². The molecule has 1 aliphatic rings. The van der Waals surface area contributed by atoms with Gasteiger partial charge in [-0.15, -0.1) is 0 Å². The molecule has 3 rings (SSSR count). The van der Waals surface area contributed by atoms with E-state index in [1.54, 1.807) is 11.8 Å². The van der Waals surface area contributed by atoms with Crippen molar-refractivity contribution < 1.29 is 13.2 Å². The lowest BCUT2D eigenvalue weighted by atomic mass is 9.99. The quantitative estimate of drug-likeness (QED) is 0.645. The zero-order valence-corrected chi connectivity index (χ0v) is 16.4. The Hall–Kier alpha value is -1.21. The van der Waals surface area contributed by atoms with Gasteiger partial charge in [-0.1, -0.05) is 41.6 Å². The van der Waals surface area contributed by atoms with E-state index in [0.29, 0.717) is 5.02 Å². The molecule has 146 valence electrons. The van der Waals surface area contributed by atoms with Gasteiger partial charge in [-0.25, -0.2) is 0 Å². The Morgan fingerprint density at radius 1 is 1.04 bits per heavy atom. The molecule has 0 bridgehead atoms. The predicted molar refractivity (Wildman–Crippen MR) is 104 cm³/mol. The summed E-state index contributed by atoms with van der Waals surface area (Å²) < 4.78 is 38.8. The average molecular weight is 415 g/mol. The second-order valence-electron chi connectivity index (χ2n) is 6.55. The number of piperazine rings is 1. The van der Waals surface area contributed by atoms with E-state index in [4.69, 9.17) is 11.6 Å². The van der Waals surface area contributed by atoms with Crippen LogP contribution in [0.15, 0.2) is 58.3 Å². The van der Waals surface area contributed by atoms with Gasteiger partial charge in [-0.05, 0) is 42.3 Å². The minimum atomic E-state index is -4.15. The summed E-state index contributed by atoms with van der Waals surface area (Å²) in [6.45, 7) is 3.11. The summed E-state index contributed by atoms with van der Waals surface area (Å²) >= 11 is 7.52. The summed E-state index contributed by atoms with van der Waals surface area (Å²) in [4.78, 5) is 4.18. The van der Waals surface area contributed by atoms with E-state index in [0.717, 1.165) is 41.5 Å². The van der Waals surface area contributed by atoms with Crippen LogP contribution in [0.1, 0.15) is 24.4 Å². The molecule has 7 heteroatoms. The summed E-state index contributed by atoms with van der Waals surface area (Å²) in [5.41, 5.74) is 0.962. The molecule has 1 heterocycles. The van der Waals surface area contributed by atoms with Gasteiger partial charge in [0, 0.05) is 53.5 Å². The van der Waals surface area contributed by atoms with E-state index in [-0.39, 0.29) is 12.5 Å². The van der Waals surface area contributed by atoms with Gasteiger partial charge in [0.2, 0.25) is 0 Å². The Morgan fingerprint density at radius 2 is 1.70 bits per heavy atom. The van der Waals surface area contributed by atoms with Gasteiger partial charge in [0.1, 0.15) is 0 Å². The van der Waals surface area contributed by atoms with Crippen LogP contribution in [0.4, 0.5) is 13.2 Å². The van der Waals surface area contributed by atoms with Crippen molar-refractivity contribution in [1.29, 1.82) is 0 Å². The number of hydrogen-bond donors (Lipinski definition) is 1. The molecule has 0 radical (unpaired) electrons. The first kappa shape index (κ1) is 20.5. The van der Waals surface area contributed by atoms with E-state index >= 15 is 0 Å². The molecule has 0 aromatic heterocycles. The molecule has 0 amide bonds. The molecule has 2 aromatic carbocycles. The Morgan fingerprint density at radius 3 is 2.37 bits per heavy atom. The van der Waals surface area contributed by atoms with Crippen LogP contribution in [0.2, 0.25) is 5.02 Å². The maximum atomic E-state index is 12.9. The van der Waals surface area contributed by atoms with Crippen LogP contribution >= 0.6 is 23.4 Å². The highest BCUT2D eigenvalue weighted by Crippen LogP contribution is 2.39. The highest BCUT2D eigenvalue weighted by atomic mass is 35.5. The van der Waals surface area contributed by atoms with E-state index < -0.39 is 12.6 Å². The number of benzene rings is 2. The highest BCUT2D eigenvalue weighted by Gasteiger charge is 2.32. The maximum Gasteiger partial charge on any atom is 0.389 e. The van der Waals surface area contributed by atoms with Crippen LogP contribution in [0.5, 0.6) is 0 Å². The van der Waals surface area contributed by atoms with E-state index in [1.807, 2.05) is 48.5 Å². The van der Waals surface area contributed by atoms with Crippen LogP contribution in [-0.2, 0) is 0 Å². The third-order valence-corrected chi connectivity index (χ3v) is 5.96. The predicted octanol–water partition coefficient (Wildman–Crippen LogP) is 5.78. The topological polar surface area (TPSA) is 15.3 Å². The Kier molecular flexibility index (Phi) is 7.09. The SMILES string of the molecule is FC(F)(F)CC[C@@H](c1ccccc1Sc1ccc(Cl)cc1)N1CCNCC1. The largest absolute Gasteiger partial charge is 0.389 e. The first-order chi connectivity index (χ1) is 12.9. The standard InChI is InChI=1S/C20H22ClF3N2S/c21-15-5-7-16(8-6-15)27-19-4-2-1-3-17(19)18(9-10-20(22,23)24)26-13-11-25-12-14-26/h1-8,18,25H,9-14H2/t18-/m0/s1. The van der Waals surface area contributed by atoms with Crippen molar-refractivity contribution in [3.8, 4) is 0 Å². The zero-order valence-electron chi connectivity index (χ0n) is 14.8. The molecule has 1 aliphatic heterocycles. The molecule has 27 heavy (non-hydrogen) atoms. The van der Waals surface area contributed by atoms with Gasteiger partial charge < -0.3 is 5.32 Å². The van der Waals surface area contributed by atoms with Gasteiger partial charge in [0.25, 0.3) is 0 Å². The molecule has 0 unspecified atom stereocenters. The van der Waals surface area contributed by atoms with Gasteiger partial charge in [0.05, 0.1) is 0 Å². The Bertz CT molecular complexity index is 731. The molecule has 1 atom stereocenters. The fourth-order valence-electron chi connectivity index (χ4n) is 3.31. The molecule has 2 aromatic rings. The number of rotatable bonds is 6. The minimum absolute atomic E-state index is 0.0711. The Balaban J connectivity index is 1.87. The number of nitrogens with zero attached hydrogens (tertiary/aromatic N) is 1. The fraction of sp³-hybridized carbons (Fsp3) is 0.400. The molecule has 0 saturated carbocycles. The van der Waals surface area contributed by atoms with Crippen molar-refractivity contribution in [2.24, 2.45) is 0 Å². The Labute approximate surface area is 167 Å². The van der Waals surface area contributed by atoms with Gasteiger partial charge in [0.15, 0.2) is 0 Å². The number of nitrogens with one attached hydrogen (secondary N) is 1. The highest BCUT2D eigenvalue weighted by molar-refractivity contribution is 7.99. The third-order valence-electron chi connectivity index (χ3n) is 4.61. The average Bonchev–Trinajstić information content (AvgIpc) is 2.65. The van der Waals surface area contributed by atoms with Crippen molar-refractivity contribution in [1.82, 2.24) is 10.2 Å². The van der Waals surface area contributed by atoms with Crippen molar-refractivity contribution >= 4 is 23.4 Å². The molecule has 0 spiro atoms. The van der Waals surface area contributed by atoms with Crippen LogP contribution in [0.25, 0.3) is 0 Å². The molecule has 1 fully saturated rings. The summed E-state index contributed by atoms with van der Waals surface area (Å²) in [5, 5.41) is 3.93. The maximum absolute atomic E-state index is 12.9. The normalized spacial score (nSPS) is 17.0. The number of halogens is 4. The summed E-state index contributed by atoms with van der Waals surface area (Å²) in [5.74, 6) is 0. The lowest BCUT2D eigenvalue weighted by Gasteiger charge is -2.36.